The topological polar surface area (TPSA) is 66.4 Å². The van der Waals surface area contributed by atoms with E-state index in [1.165, 1.54) is 6.07 Å². The Balaban J connectivity index is 2.21. The van der Waals surface area contributed by atoms with E-state index in [1.807, 2.05) is 0 Å². The summed E-state index contributed by atoms with van der Waals surface area (Å²) in [7, 11) is 0. The summed E-state index contributed by atoms with van der Waals surface area (Å²) < 4.78 is 1.34. The Kier molecular flexibility index (Phi) is 4.57. The number of hydrogen-bond acceptors (Lipinski definition) is 2. The number of amides is 1. The number of carbonyl (C=O) groups excluding carboxylic acids is 1. The van der Waals surface area contributed by atoms with Crippen LogP contribution in [0.4, 0.5) is 5.69 Å². The normalized spacial score (nSPS) is 10.1. The Morgan fingerprint density at radius 1 is 1.00 bits per heavy atom. The minimum Gasteiger partial charge on any atom is -0.478 e. The number of aromatic carboxylic acids is 1. The lowest BCUT2D eigenvalue weighted by Crippen LogP contribution is -2.12. The Labute approximate surface area is 132 Å². The van der Waals surface area contributed by atoms with Crippen molar-refractivity contribution in [2.75, 3.05) is 5.32 Å². The minimum atomic E-state index is -1.06. The highest BCUT2D eigenvalue weighted by Gasteiger charge is 2.11. The second kappa shape index (κ2) is 6.19. The molecule has 0 aromatic heterocycles. The molecule has 6 heteroatoms. The van der Waals surface area contributed by atoms with Gasteiger partial charge in [-0.2, -0.15) is 0 Å². The molecule has 0 bridgehead atoms. The van der Waals surface area contributed by atoms with Gasteiger partial charge in [-0.05, 0) is 58.4 Å². The molecule has 0 spiro atoms. The highest BCUT2D eigenvalue weighted by Crippen LogP contribution is 2.21. The maximum absolute atomic E-state index is 12.0. The second-order valence-corrected chi connectivity index (χ2v) is 5.73. The van der Waals surface area contributed by atoms with Crippen LogP contribution in [0, 0.1) is 0 Å². The van der Waals surface area contributed by atoms with E-state index in [0.717, 1.165) is 4.47 Å². The first-order valence-corrected chi connectivity index (χ1v) is 7.16. The van der Waals surface area contributed by atoms with E-state index in [9.17, 15) is 9.59 Å². The highest BCUT2D eigenvalue weighted by atomic mass is 79.9. The van der Waals surface area contributed by atoms with Crippen molar-refractivity contribution in [2.24, 2.45) is 0 Å². The molecule has 4 nitrogen and oxygen atoms in total. The van der Waals surface area contributed by atoms with Crippen LogP contribution in [0.5, 0.6) is 0 Å². The molecule has 20 heavy (non-hydrogen) atoms. The maximum Gasteiger partial charge on any atom is 0.336 e. The molecule has 0 saturated heterocycles. The number of carbonyl (C=O) groups is 2. The first kappa shape index (κ1) is 14.7. The Hall–Kier alpha value is -1.66. The van der Waals surface area contributed by atoms with E-state index in [-0.39, 0.29) is 11.5 Å². The molecular formula is C14H9Br2NO3. The van der Waals surface area contributed by atoms with Crippen molar-refractivity contribution in [1.82, 2.24) is 0 Å². The van der Waals surface area contributed by atoms with E-state index in [0.29, 0.717) is 15.7 Å². The zero-order valence-corrected chi connectivity index (χ0v) is 13.2. The van der Waals surface area contributed by atoms with Crippen molar-refractivity contribution in [2.45, 2.75) is 0 Å². The van der Waals surface area contributed by atoms with Crippen LogP contribution in [0.2, 0.25) is 0 Å². The predicted molar refractivity (Wildman–Crippen MR) is 83.2 cm³/mol. The van der Waals surface area contributed by atoms with Gasteiger partial charge in [0, 0.05) is 20.2 Å². The van der Waals surface area contributed by atoms with Gasteiger partial charge in [0.1, 0.15) is 0 Å². The van der Waals surface area contributed by atoms with Crippen molar-refractivity contribution in [1.29, 1.82) is 0 Å². The van der Waals surface area contributed by atoms with Crippen molar-refractivity contribution in [3.8, 4) is 0 Å². The largest absolute Gasteiger partial charge is 0.478 e. The van der Waals surface area contributed by atoms with Gasteiger partial charge in [-0.3, -0.25) is 4.79 Å². The van der Waals surface area contributed by atoms with Gasteiger partial charge in [-0.1, -0.05) is 15.9 Å². The van der Waals surface area contributed by atoms with Crippen LogP contribution in [0.3, 0.4) is 0 Å². The van der Waals surface area contributed by atoms with Gasteiger partial charge in [0.15, 0.2) is 0 Å². The van der Waals surface area contributed by atoms with Crippen LogP contribution in [0.1, 0.15) is 20.7 Å². The van der Waals surface area contributed by atoms with E-state index < -0.39 is 5.97 Å². The zero-order chi connectivity index (χ0) is 14.7. The fraction of sp³-hybridized carbons (Fsp3) is 0. The summed E-state index contributed by atoms with van der Waals surface area (Å²) in [6.07, 6.45) is 0. The summed E-state index contributed by atoms with van der Waals surface area (Å²) >= 11 is 6.44. The number of rotatable bonds is 3. The molecule has 0 unspecified atom stereocenters. The number of halogens is 2. The van der Waals surface area contributed by atoms with Crippen molar-refractivity contribution in [3.05, 3.63) is 62.5 Å². The third-order valence-electron chi connectivity index (χ3n) is 2.56. The summed E-state index contributed by atoms with van der Waals surface area (Å²) in [5.74, 6) is -1.35. The number of carboxylic acid groups (broad SMARTS) is 1. The molecule has 0 radical (unpaired) electrons. The summed E-state index contributed by atoms with van der Waals surface area (Å²) in [5.41, 5.74) is 1.02. The molecule has 2 aromatic rings. The third-order valence-corrected chi connectivity index (χ3v) is 3.78. The van der Waals surface area contributed by atoms with Crippen LogP contribution >= 0.6 is 31.9 Å². The van der Waals surface area contributed by atoms with Gasteiger partial charge < -0.3 is 10.4 Å². The molecule has 0 heterocycles. The minimum absolute atomic E-state index is 0.0959. The molecule has 0 atom stereocenters. The Morgan fingerprint density at radius 2 is 1.65 bits per heavy atom. The summed E-state index contributed by atoms with van der Waals surface area (Å²) in [5, 5.41) is 11.7. The van der Waals surface area contributed by atoms with E-state index in [4.69, 9.17) is 5.11 Å². The first-order valence-electron chi connectivity index (χ1n) is 5.57. The second-order valence-electron chi connectivity index (χ2n) is 3.96. The maximum atomic E-state index is 12.0. The number of carboxylic acids is 1. The molecule has 0 fully saturated rings. The SMILES string of the molecule is O=C(Nc1ccc(Br)c(C(=O)O)c1)c1ccc(Br)cc1. The van der Waals surface area contributed by atoms with E-state index in [1.54, 1.807) is 36.4 Å². The Morgan fingerprint density at radius 3 is 2.25 bits per heavy atom. The van der Waals surface area contributed by atoms with Crippen molar-refractivity contribution in [3.63, 3.8) is 0 Å². The molecule has 2 rings (SSSR count). The smallest absolute Gasteiger partial charge is 0.336 e. The molecule has 0 aliphatic heterocycles. The summed E-state index contributed by atoms with van der Waals surface area (Å²) in [6.45, 7) is 0. The quantitative estimate of drug-likeness (QED) is 0.815. The van der Waals surface area contributed by atoms with E-state index in [2.05, 4.69) is 37.2 Å². The molecule has 0 aliphatic rings. The average molecular weight is 399 g/mol. The predicted octanol–water partition coefficient (Wildman–Crippen LogP) is 4.16. The number of hydrogen-bond donors (Lipinski definition) is 2. The van der Waals surface area contributed by atoms with Gasteiger partial charge in [-0.25, -0.2) is 4.79 Å². The molecule has 1 amide bonds. The van der Waals surface area contributed by atoms with E-state index >= 15 is 0 Å². The van der Waals surface area contributed by atoms with Gasteiger partial charge in [0.05, 0.1) is 5.56 Å². The molecule has 2 aromatic carbocycles. The van der Waals surface area contributed by atoms with Crippen LogP contribution in [-0.4, -0.2) is 17.0 Å². The Bertz CT molecular complexity index is 669. The van der Waals surface area contributed by atoms with Crippen molar-refractivity contribution < 1.29 is 14.7 Å². The lowest BCUT2D eigenvalue weighted by molar-refractivity contribution is 0.0695. The van der Waals surface area contributed by atoms with Gasteiger partial charge in [0.2, 0.25) is 0 Å². The zero-order valence-electron chi connectivity index (χ0n) is 10.1. The lowest BCUT2D eigenvalue weighted by atomic mass is 10.2. The highest BCUT2D eigenvalue weighted by molar-refractivity contribution is 9.10. The van der Waals surface area contributed by atoms with Crippen LogP contribution < -0.4 is 5.32 Å². The van der Waals surface area contributed by atoms with Crippen molar-refractivity contribution >= 4 is 49.4 Å². The molecule has 0 saturated carbocycles. The fourth-order valence-electron chi connectivity index (χ4n) is 1.57. The summed E-state index contributed by atoms with van der Waals surface area (Å²) in [4.78, 5) is 23.0. The molecule has 0 aliphatic carbocycles. The van der Waals surface area contributed by atoms with Crippen LogP contribution in [-0.2, 0) is 0 Å². The van der Waals surface area contributed by atoms with Gasteiger partial charge in [-0.15, -0.1) is 0 Å². The monoisotopic (exact) mass is 397 g/mol. The summed E-state index contributed by atoms with van der Waals surface area (Å²) in [6, 6.07) is 11.5. The molecule has 2 N–H and O–H groups in total. The number of benzene rings is 2. The third kappa shape index (κ3) is 3.46. The fourth-order valence-corrected chi connectivity index (χ4v) is 2.25. The first-order chi connectivity index (χ1) is 9.47. The van der Waals surface area contributed by atoms with Gasteiger partial charge >= 0.3 is 5.97 Å². The number of anilines is 1. The molecular weight excluding hydrogens is 390 g/mol. The molecule has 102 valence electrons. The number of nitrogens with one attached hydrogen (secondary N) is 1. The van der Waals surface area contributed by atoms with Gasteiger partial charge in [0.25, 0.3) is 5.91 Å². The van der Waals surface area contributed by atoms with Crippen LogP contribution in [0.25, 0.3) is 0 Å². The average Bonchev–Trinajstić information content (AvgIpc) is 2.41. The standard InChI is InChI=1S/C14H9Br2NO3/c15-9-3-1-8(2-4-9)13(18)17-10-5-6-12(16)11(7-10)14(19)20/h1-7H,(H,17,18)(H,19,20). The van der Waals surface area contributed by atoms with Crippen LogP contribution in [0.15, 0.2) is 51.4 Å². The lowest BCUT2D eigenvalue weighted by Gasteiger charge is -2.07.